The third kappa shape index (κ3) is 5.56. The van der Waals surface area contributed by atoms with Crippen LogP contribution in [0.3, 0.4) is 0 Å². The normalized spacial score (nSPS) is 19.4. The highest BCUT2D eigenvalue weighted by molar-refractivity contribution is 8.13. The van der Waals surface area contributed by atoms with Crippen molar-refractivity contribution in [3.05, 3.63) is 58.9 Å². The van der Waals surface area contributed by atoms with Crippen LogP contribution < -0.4 is 5.73 Å². The van der Waals surface area contributed by atoms with Crippen LogP contribution in [0.25, 0.3) is 0 Å². The second-order valence-electron chi connectivity index (χ2n) is 7.24. The Labute approximate surface area is 175 Å². The van der Waals surface area contributed by atoms with Crippen LogP contribution in [0.1, 0.15) is 47.1 Å². The number of Topliss-reactive ketones (excluding diaryl/α,β-unsaturated/α-hetero) is 1. The molecule has 0 bridgehead atoms. The summed E-state index contributed by atoms with van der Waals surface area (Å²) >= 11 is 1.41. The lowest BCUT2D eigenvalue weighted by molar-refractivity contribution is -0.134. The average molecular weight is 440 g/mol. The molecule has 0 radical (unpaired) electrons. The van der Waals surface area contributed by atoms with E-state index >= 15 is 0 Å². The summed E-state index contributed by atoms with van der Waals surface area (Å²) in [6.45, 7) is 1.80. The first-order valence-electron chi connectivity index (χ1n) is 9.24. The summed E-state index contributed by atoms with van der Waals surface area (Å²) in [6, 6.07) is 4.41. The third-order valence-corrected chi connectivity index (χ3v) is 5.62. The quantitative estimate of drug-likeness (QED) is 0.538. The Bertz CT molecular complexity index is 962. The fraction of sp³-hybridized carbons (Fsp3) is 0.400. The summed E-state index contributed by atoms with van der Waals surface area (Å²) < 4.78 is 51.4. The molecule has 1 aromatic carbocycles. The van der Waals surface area contributed by atoms with Gasteiger partial charge in [-0.2, -0.15) is 13.2 Å². The molecule has 0 saturated carbocycles. The molecule has 2 N–H and O–H groups in total. The van der Waals surface area contributed by atoms with Crippen molar-refractivity contribution < 1.29 is 22.4 Å². The van der Waals surface area contributed by atoms with E-state index in [-0.39, 0.29) is 30.0 Å². The van der Waals surface area contributed by atoms with Gasteiger partial charge in [-0.15, -0.1) is 0 Å². The Morgan fingerprint density at radius 2 is 2.03 bits per heavy atom. The number of aliphatic imine (C=N–C) groups is 1. The van der Waals surface area contributed by atoms with E-state index in [2.05, 4.69) is 15.0 Å². The van der Waals surface area contributed by atoms with Gasteiger partial charge in [0.15, 0.2) is 11.0 Å². The highest BCUT2D eigenvalue weighted by Gasteiger charge is 2.32. The number of amidine groups is 1. The maximum atomic E-state index is 14.5. The summed E-state index contributed by atoms with van der Waals surface area (Å²) in [5, 5.41) is 0.394. The molecule has 1 aliphatic heterocycles. The lowest BCUT2D eigenvalue weighted by atomic mass is 9.87. The summed E-state index contributed by atoms with van der Waals surface area (Å²) in [6.07, 6.45) is -2.68. The molecular weight excluding hydrogens is 420 g/mol. The van der Waals surface area contributed by atoms with Crippen LogP contribution in [0.2, 0.25) is 0 Å². The van der Waals surface area contributed by atoms with E-state index in [9.17, 15) is 22.4 Å². The van der Waals surface area contributed by atoms with Gasteiger partial charge in [-0.3, -0.25) is 14.8 Å². The predicted octanol–water partition coefficient (Wildman–Crippen LogP) is 4.20. The number of hydrogen-bond acceptors (Lipinski definition) is 6. The predicted molar refractivity (Wildman–Crippen MR) is 107 cm³/mol. The average Bonchev–Trinajstić information content (AvgIpc) is 2.67. The Morgan fingerprint density at radius 3 is 2.67 bits per heavy atom. The second kappa shape index (κ2) is 8.71. The number of nitrogens with zero attached hydrogens (tertiary/aromatic N) is 3. The molecule has 2 aromatic rings. The molecule has 0 spiro atoms. The Balaban J connectivity index is 1.74. The second-order valence-corrected chi connectivity index (χ2v) is 8.36. The molecule has 1 aliphatic rings. The van der Waals surface area contributed by atoms with Crippen LogP contribution in [0.4, 0.5) is 17.6 Å². The molecule has 5 nitrogen and oxygen atoms in total. The number of nitrogens with two attached hydrogens (primary N) is 1. The number of carbonyl (C=O) groups excluding carboxylic acids is 1. The smallest absolute Gasteiger partial charge is 0.379 e. The van der Waals surface area contributed by atoms with E-state index < -0.39 is 24.0 Å². The number of aromatic nitrogens is 2. The summed E-state index contributed by atoms with van der Waals surface area (Å²) in [5.74, 6) is -0.0780. The van der Waals surface area contributed by atoms with Gasteiger partial charge in [0.25, 0.3) is 0 Å². The number of aryl methyl sites for hydroxylation is 1. The fourth-order valence-corrected chi connectivity index (χ4v) is 4.12. The number of rotatable bonds is 6. The van der Waals surface area contributed by atoms with Crippen molar-refractivity contribution in [2.75, 3.05) is 5.75 Å². The van der Waals surface area contributed by atoms with Crippen molar-refractivity contribution in [3.8, 4) is 0 Å². The SMILES string of the molecule is C[C@@]1(c2cc(CC(=O)c3cnc(CCC(F)(F)F)cn3)ccc2F)CCSC(N)=N1. The fourth-order valence-electron chi connectivity index (χ4n) is 3.15. The van der Waals surface area contributed by atoms with Crippen molar-refractivity contribution in [1.29, 1.82) is 0 Å². The van der Waals surface area contributed by atoms with Crippen molar-refractivity contribution in [2.45, 2.75) is 44.3 Å². The number of carbonyl (C=O) groups is 1. The number of ketones is 1. The topological polar surface area (TPSA) is 81.2 Å². The monoisotopic (exact) mass is 440 g/mol. The van der Waals surface area contributed by atoms with E-state index in [0.29, 0.717) is 28.5 Å². The number of hydrogen-bond donors (Lipinski definition) is 1. The van der Waals surface area contributed by atoms with Gasteiger partial charge in [-0.1, -0.05) is 17.8 Å². The van der Waals surface area contributed by atoms with Gasteiger partial charge in [0.1, 0.15) is 11.5 Å². The zero-order valence-corrected chi connectivity index (χ0v) is 17.0. The maximum absolute atomic E-state index is 14.5. The number of thioether (sulfide) groups is 1. The first kappa shape index (κ1) is 22.2. The minimum atomic E-state index is -4.28. The molecule has 3 rings (SSSR count). The van der Waals surface area contributed by atoms with E-state index in [1.807, 2.05) is 0 Å². The molecule has 10 heteroatoms. The van der Waals surface area contributed by atoms with Crippen molar-refractivity contribution >= 4 is 22.7 Å². The molecule has 0 saturated heterocycles. The van der Waals surface area contributed by atoms with Gasteiger partial charge in [0.05, 0.1) is 17.4 Å². The van der Waals surface area contributed by atoms with Crippen molar-refractivity contribution in [1.82, 2.24) is 9.97 Å². The van der Waals surface area contributed by atoms with E-state index in [1.165, 1.54) is 36.3 Å². The van der Waals surface area contributed by atoms with Gasteiger partial charge in [-0.05, 0) is 37.5 Å². The standard InChI is InChI=1S/C20H20F4N4OS/c1-19(6-7-30-18(25)28-19)14-8-12(2-3-15(14)21)9-17(29)16-11-26-13(10-27-16)4-5-20(22,23)24/h2-3,8,10-11H,4-7,9H2,1H3,(H2,25,28)/t19-/m0/s1. The van der Waals surface area contributed by atoms with Gasteiger partial charge >= 0.3 is 6.18 Å². The molecular formula is C20H20F4N4OS. The number of alkyl halides is 3. The van der Waals surface area contributed by atoms with Crippen LogP contribution in [0.15, 0.2) is 35.6 Å². The summed E-state index contributed by atoms with van der Waals surface area (Å²) in [7, 11) is 0. The molecule has 30 heavy (non-hydrogen) atoms. The van der Waals surface area contributed by atoms with Crippen molar-refractivity contribution in [3.63, 3.8) is 0 Å². The highest BCUT2D eigenvalue weighted by atomic mass is 32.2. The molecule has 160 valence electrons. The Kier molecular flexibility index (Phi) is 6.44. The van der Waals surface area contributed by atoms with Gasteiger partial charge < -0.3 is 5.73 Å². The minimum absolute atomic E-state index is 0.0409. The van der Waals surface area contributed by atoms with E-state index in [0.717, 1.165) is 0 Å². The first-order chi connectivity index (χ1) is 14.1. The van der Waals surface area contributed by atoms with Crippen LogP contribution in [0, 0.1) is 5.82 Å². The number of halogens is 4. The van der Waals surface area contributed by atoms with E-state index in [1.54, 1.807) is 13.0 Å². The van der Waals surface area contributed by atoms with Crippen LogP contribution in [-0.4, -0.2) is 32.8 Å². The van der Waals surface area contributed by atoms with Crippen LogP contribution in [0.5, 0.6) is 0 Å². The zero-order chi connectivity index (χ0) is 21.9. The minimum Gasteiger partial charge on any atom is -0.379 e. The first-order valence-corrected chi connectivity index (χ1v) is 10.2. The van der Waals surface area contributed by atoms with Gasteiger partial charge in [-0.25, -0.2) is 9.37 Å². The number of benzene rings is 1. The van der Waals surface area contributed by atoms with E-state index in [4.69, 9.17) is 5.73 Å². The maximum Gasteiger partial charge on any atom is 0.389 e. The summed E-state index contributed by atoms with van der Waals surface area (Å²) in [5.41, 5.74) is 6.14. The van der Waals surface area contributed by atoms with Crippen molar-refractivity contribution in [2.24, 2.45) is 10.7 Å². The molecule has 1 atom stereocenters. The summed E-state index contributed by atoms with van der Waals surface area (Å²) in [4.78, 5) is 24.7. The molecule has 2 heterocycles. The zero-order valence-electron chi connectivity index (χ0n) is 16.2. The molecule has 1 aromatic heterocycles. The van der Waals surface area contributed by atoms with Gasteiger partial charge in [0.2, 0.25) is 0 Å². The van der Waals surface area contributed by atoms with Gasteiger partial charge in [0, 0.05) is 30.4 Å². The van der Waals surface area contributed by atoms with Crippen LogP contribution >= 0.6 is 11.8 Å². The lowest BCUT2D eigenvalue weighted by Crippen LogP contribution is -2.29. The lowest BCUT2D eigenvalue weighted by Gasteiger charge is -2.30. The molecule has 0 amide bonds. The molecule has 0 aliphatic carbocycles. The molecule has 0 unspecified atom stereocenters. The Hall–Kier alpha value is -2.49. The highest BCUT2D eigenvalue weighted by Crippen LogP contribution is 2.36. The largest absolute Gasteiger partial charge is 0.389 e. The van der Waals surface area contributed by atoms with Crippen LogP contribution in [-0.2, 0) is 18.4 Å². The third-order valence-electron chi connectivity index (χ3n) is 4.83. The Morgan fingerprint density at radius 1 is 1.27 bits per heavy atom. The molecule has 0 fully saturated rings.